The van der Waals surface area contributed by atoms with Crippen LogP contribution in [0.25, 0.3) is 10.8 Å². The Hall–Kier alpha value is -4.12. The molecule has 2 N–H and O–H groups in total. The van der Waals surface area contributed by atoms with Gasteiger partial charge in [-0.15, -0.1) is 0 Å². The van der Waals surface area contributed by atoms with Gasteiger partial charge in [-0.3, -0.25) is 9.59 Å². The number of hydrogen-bond acceptors (Lipinski definition) is 3. The zero-order chi connectivity index (χ0) is 31.0. The first-order valence-corrected chi connectivity index (χ1v) is 15.6. The Kier molecular flexibility index (Phi) is 18.3. The highest BCUT2D eigenvalue weighted by Gasteiger charge is 2.15. The van der Waals surface area contributed by atoms with Crippen LogP contribution in [0.2, 0.25) is 0 Å². The molecular formula is C38H50N2O3. The van der Waals surface area contributed by atoms with Crippen molar-refractivity contribution in [3.05, 3.63) is 115 Å². The highest BCUT2D eigenvalue weighted by Crippen LogP contribution is 2.25. The van der Waals surface area contributed by atoms with Crippen LogP contribution in [0, 0.1) is 0 Å². The Balaban J connectivity index is 1.49. The quantitative estimate of drug-likeness (QED) is 0.121. The fraction of sp³-hybridized carbons (Fsp3) is 0.368. The SMILES string of the molecule is CCC=CCC=CCC=CCC=CCC=CCC=CCCC(=O)NCCNC(=O)C(C)c1ccc2cc(OC)ccc2c1. The van der Waals surface area contributed by atoms with E-state index >= 15 is 0 Å². The minimum absolute atomic E-state index is 0.00761. The number of amides is 2. The molecule has 0 aliphatic rings. The highest BCUT2D eigenvalue weighted by molar-refractivity contribution is 5.88. The maximum atomic E-state index is 12.6. The number of rotatable bonds is 20. The summed E-state index contributed by atoms with van der Waals surface area (Å²) in [5.74, 6) is 0.465. The summed E-state index contributed by atoms with van der Waals surface area (Å²) >= 11 is 0. The summed E-state index contributed by atoms with van der Waals surface area (Å²) in [7, 11) is 1.65. The molecule has 0 bridgehead atoms. The van der Waals surface area contributed by atoms with Gasteiger partial charge in [0.2, 0.25) is 11.8 Å². The largest absolute Gasteiger partial charge is 0.497 e. The fourth-order valence-corrected chi connectivity index (χ4v) is 4.27. The first-order chi connectivity index (χ1) is 21.0. The molecule has 43 heavy (non-hydrogen) atoms. The third kappa shape index (κ3) is 15.6. The van der Waals surface area contributed by atoms with Crippen molar-refractivity contribution in [3.63, 3.8) is 0 Å². The molecule has 2 aromatic rings. The fourth-order valence-electron chi connectivity index (χ4n) is 4.27. The third-order valence-electron chi connectivity index (χ3n) is 6.85. The van der Waals surface area contributed by atoms with Crippen LogP contribution in [0.5, 0.6) is 5.75 Å². The predicted octanol–water partition coefficient (Wildman–Crippen LogP) is 8.66. The number of nitrogens with one attached hydrogen (secondary N) is 2. The maximum absolute atomic E-state index is 12.6. The van der Waals surface area contributed by atoms with Crippen LogP contribution in [-0.2, 0) is 9.59 Å². The Morgan fingerprint density at radius 1 is 0.698 bits per heavy atom. The van der Waals surface area contributed by atoms with E-state index in [1.54, 1.807) is 7.11 Å². The summed E-state index contributed by atoms with van der Waals surface area (Å²) in [5, 5.41) is 7.94. The van der Waals surface area contributed by atoms with E-state index in [1.165, 1.54) is 0 Å². The second-order valence-electron chi connectivity index (χ2n) is 10.3. The average molecular weight is 583 g/mol. The molecule has 0 aliphatic heterocycles. The van der Waals surface area contributed by atoms with E-state index in [9.17, 15) is 9.59 Å². The third-order valence-corrected chi connectivity index (χ3v) is 6.85. The second kappa shape index (κ2) is 22.5. The molecule has 0 saturated carbocycles. The van der Waals surface area contributed by atoms with Gasteiger partial charge in [-0.1, -0.05) is 104 Å². The molecule has 230 valence electrons. The van der Waals surface area contributed by atoms with Gasteiger partial charge in [0.15, 0.2) is 0 Å². The van der Waals surface area contributed by atoms with Crippen molar-refractivity contribution in [1.82, 2.24) is 10.6 Å². The lowest BCUT2D eigenvalue weighted by Gasteiger charge is -2.14. The summed E-state index contributed by atoms with van der Waals surface area (Å²) < 4.78 is 5.28. The number of methoxy groups -OCH3 is 1. The Morgan fingerprint density at radius 2 is 1.21 bits per heavy atom. The smallest absolute Gasteiger partial charge is 0.227 e. The van der Waals surface area contributed by atoms with Gasteiger partial charge in [0.25, 0.3) is 0 Å². The molecule has 0 fully saturated rings. The van der Waals surface area contributed by atoms with Gasteiger partial charge < -0.3 is 15.4 Å². The van der Waals surface area contributed by atoms with Crippen LogP contribution in [0.15, 0.2) is 109 Å². The number of carbonyl (C=O) groups is 2. The van der Waals surface area contributed by atoms with Gasteiger partial charge >= 0.3 is 0 Å². The molecule has 5 nitrogen and oxygen atoms in total. The van der Waals surface area contributed by atoms with Crippen molar-refractivity contribution < 1.29 is 14.3 Å². The van der Waals surface area contributed by atoms with E-state index in [4.69, 9.17) is 4.74 Å². The standard InChI is InChI=1S/C38H50N2O3/c1-4-5-6-7-8-9-10-11-12-13-14-15-16-17-18-19-20-21-22-23-37(41)39-28-29-40-38(42)32(2)33-24-25-35-31-36(43-3)27-26-34(35)30-33/h5-6,8-9,11-12,14-15,17-18,20-21,24-27,30-32H,4,7,10,13,16,19,22-23,28-29H2,1-3H3,(H,39,41)(H,40,42). The van der Waals surface area contributed by atoms with E-state index in [-0.39, 0.29) is 17.7 Å². The van der Waals surface area contributed by atoms with Gasteiger partial charge in [-0.05, 0) is 80.3 Å². The van der Waals surface area contributed by atoms with Crippen molar-refractivity contribution in [3.8, 4) is 5.75 Å². The topological polar surface area (TPSA) is 67.4 Å². The highest BCUT2D eigenvalue weighted by atomic mass is 16.5. The number of benzene rings is 2. The van der Waals surface area contributed by atoms with Crippen LogP contribution in [0.1, 0.15) is 76.7 Å². The summed E-state index contributed by atoms with van der Waals surface area (Å²) in [6.07, 6.45) is 33.0. The zero-order valence-corrected chi connectivity index (χ0v) is 26.3. The molecule has 2 amide bonds. The molecule has 1 atom stereocenters. The molecule has 0 radical (unpaired) electrons. The van der Waals surface area contributed by atoms with E-state index in [1.807, 2.05) is 49.4 Å². The second-order valence-corrected chi connectivity index (χ2v) is 10.3. The molecule has 2 aromatic carbocycles. The lowest BCUT2D eigenvalue weighted by atomic mass is 9.97. The summed E-state index contributed by atoms with van der Waals surface area (Å²) in [6.45, 7) is 4.86. The maximum Gasteiger partial charge on any atom is 0.227 e. The molecule has 0 saturated heterocycles. The van der Waals surface area contributed by atoms with Crippen molar-refractivity contribution in [2.45, 2.75) is 71.1 Å². The van der Waals surface area contributed by atoms with Crippen LogP contribution >= 0.6 is 0 Å². The molecule has 1 unspecified atom stereocenters. The number of hydrogen-bond donors (Lipinski definition) is 2. The number of carbonyl (C=O) groups excluding carboxylic acids is 2. The number of allylic oxidation sites excluding steroid dienone is 12. The normalized spacial score (nSPS) is 13.0. The van der Waals surface area contributed by atoms with Crippen LogP contribution < -0.4 is 15.4 Å². The Morgan fingerprint density at radius 3 is 1.79 bits per heavy atom. The lowest BCUT2D eigenvalue weighted by molar-refractivity contribution is -0.123. The van der Waals surface area contributed by atoms with Gasteiger partial charge in [0.1, 0.15) is 5.75 Å². The van der Waals surface area contributed by atoms with Gasteiger partial charge in [-0.2, -0.15) is 0 Å². The van der Waals surface area contributed by atoms with Crippen LogP contribution in [-0.4, -0.2) is 32.0 Å². The Bertz CT molecular complexity index is 1280. The van der Waals surface area contributed by atoms with E-state index in [0.717, 1.165) is 60.6 Å². The van der Waals surface area contributed by atoms with Gasteiger partial charge in [0, 0.05) is 19.5 Å². The summed E-state index contributed by atoms with van der Waals surface area (Å²) in [4.78, 5) is 24.7. The summed E-state index contributed by atoms with van der Waals surface area (Å²) in [6, 6.07) is 11.9. The van der Waals surface area contributed by atoms with Crippen molar-refractivity contribution in [2.24, 2.45) is 0 Å². The molecule has 2 rings (SSSR count). The van der Waals surface area contributed by atoms with Crippen molar-refractivity contribution in [2.75, 3.05) is 20.2 Å². The monoisotopic (exact) mass is 582 g/mol. The van der Waals surface area contributed by atoms with Gasteiger partial charge in [0.05, 0.1) is 13.0 Å². The summed E-state index contributed by atoms with van der Waals surface area (Å²) in [5.41, 5.74) is 0.954. The first-order valence-electron chi connectivity index (χ1n) is 15.6. The lowest BCUT2D eigenvalue weighted by Crippen LogP contribution is -2.36. The van der Waals surface area contributed by atoms with Crippen LogP contribution in [0.3, 0.4) is 0 Å². The molecule has 0 spiro atoms. The van der Waals surface area contributed by atoms with Gasteiger partial charge in [-0.25, -0.2) is 0 Å². The Labute approximate surface area is 259 Å². The van der Waals surface area contributed by atoms with E-state index in [0.29, 0.717) is 25.9 Å². The zero-order valence-electron chi connectivity index (χ0n) is 26.3. The molecule has 0 heterocycles. The molecular weight excluding hydrogens is 532 g/mol. The average Bonchev–Trinajstić information content (AvgIpc) is 3.03. The van der Waals surface area contributed by atoms with Crippen LogP contribution in [0.4, 0.5) is 0 Å². The molecule has 0 aliphatic carbocycles. The number of ether oxygens (including phenoxy) is 1. The first kappa shape index (κ1) is 35.1. The minimum atomic E-state index is -0.282. The molecule has 0 aromatic heterocycles. The van der Waals surface area contributed by atoms with Crippen molar-refractivity contribution >= 4 is 22.6 Å². The van der Waals surface area contributed by atoms with Crippen molar-refractivity contribution in [1.29, 1.82) is 0 Å². The number of fused-ring (bicyclic) bond motifs is 1. The van der Waals surface area contributed by atoms with E-state index < -0.39 is 0 Å². The molecule has 5 heteroatoms. The predicted molar refractivity (Wildman–Crippen MR) is 182 cm³/mol. The minimum Gasteiger partial charge on any atom is -0.497 e. The van der Waals surface area contributed by atoms with E-state index in [2.05, 4.69) is 84.4 Å².